The molecule has 0 bridgehead atoms. The van der Waals surface area contributed by atoms with E-state index in [0.717, 1.165) is 16.8 Å². The molecule has 3 rings (SSSR count). The summed E-state index contributed by atoms with van der Waals surface area (Å²) >= 11 is -2.47. The smallest absolute Gasteiger partial charge is 0.249 e. The van der Waals surface area contributed by atoms with Crippen LogP contribution >= 0.6 is 0 Å². The molecule has 2 aromatic rings. The van der Waals surface area contributed by atoms with E-state index in [-0.39, 0.29) is 5.92 Å². The van der Waals surface area contributed by atoms with E-state index in [1.165, 1.54) is 0 Å². The number of hydrogen-bond donors (Lipinski definition) is 2. The Hall–Kier alpha value is -2.33. The minimum Gasteiger partial charge on any atom is -0.771 e. The summed E-state index contributed by atoms with van der Waals surface area (Å²) in [5, 5.41) is 8.07. The van der Waals surface area contributed by atoms with Crippen molar-refractivity contribution in [3.63, 3.8) is 0 Å². The second-order valence-corrected chi connectivity index (χ2v) is 8.71. The third-order valence-corrected chi connectivity index (χ3v) is 6.52. The molecule has 0 radical (unpaired) electrons. The van der Waals surface area contributed by atoms with Gasteiger partial charge in [0.25, 0.3) is 0 Å². The van der Waals surface area contributed by atoms with Crippen molar-refractivity contribution in [2.75, 3.05) is 31.1 Å². The van der Waals surface area contributed by atoms with E-state index in [4.69, 9.17) is 5.21 Å². The lowest BCUT2D eigenvalue weighted by Crippen LogP contribution is -2.57. The third kappa shape index (κ3) is 5.04. The number of carbonyl (C=O) groups is 1. The molecular weight excluding hydrogens is 404 g/mol. The van der Waals surface area contributed by atoms with Gasteiger partial charge >= 0.3 is 0 Å². The number of piperazine rings is 1. The van der Waals surface area contributed by atoms with Gasteiger partial charge in [0.15, 0.2) is 0 Å². The zero-order valence-electron chi connectivity index (χ0n) is 17.1. The number of benzene rings is 1. The van der Waals surface area contributed by atoms with Gasteiger partial charge in [-0.1, -0.05) is 32.0 Å². The number of rotatable bonds is 7. The Morgan fingerprint density at radius 3 is 2.30 bits per heavy atom. The van der Waals surface area contributed by atoms with Crippen molar-refractivity contribution in [1.82, 2.24) is 15.4 Å². The molecule has 9 heteroatoms. The maximum absolute atomic E-state index is 12.1. The monoisotopic (exact) mass is 431 g/mol. The number of nitrogens with zero attached hydrogens (tertiary/aromatic N) is 3. The van der Waals surface area contributed by atoms with Gasteiger partial charge in [-0.25, -0.2) is 5.48 Å². The van der Waals surface area contributed by atoms with Gasteiger partial charge in [-0.15, -0.1) is 0 Å². The molecule has 162 valence electrons. The number of amides is 1. The fourth-order valence-corrected chi connectivity index (χ4v) is 5.07. The number of hydroxylamine groups is 1. The summed E-state index contributed by atoms with van der Waals surface area (Å²) in [5.74, 6) is -1.76. The van der Waals surface area contributed by atoms with Gasteiger partial charge in [0.1, 0.15) is 0 Å². The van der Waals surface area contributed by atoms with Crippen LogP contribution in [0.25, 0.3) is 11.1 Å². The molecule has 1 aromatic carbocycles. The fraction of sp³-hybridized carbons (Fsp3) is 0.429. The highest BCUT2D eigenvalue weighted by atomic mass is 32.2. The van der Waals surface area contributed by atoms with Crippen LogP contribution < -0.4 is 10.4 Å². The van der Waals surface area contributed by atoms with Crippen molar-refractivity contribution in [2.24, 2.45) is 11.8 Å². The lowest BCUT2D eigenvalue weighted by Gasteiger charge is -2.43. The summed E-state index contributed by atoms with van der Waals surface area (Å²) in [5.41, 5.74) is 4.82. The first kappa shape index (κ1) is 22.4. The van der Waals surface area contributed by atoms with Crippen LogP contribution in [0.15, 0.2) is 48.8 Å². The number of carbonyl (C=O) groups excluding carboxylic acids is 1. The van der Waals surface area contributed by atoms with Gasteiger partial charge in [0, 0.05) is 44.3 Å². The van der Waals surface area contributed by atoms with Crippen LogP contribution in [0.3, 0.4) is 0 Å². The molecule has 0 aliphatic carbocycles. The Bertz CT molecular complexity index is 855. The van der Waals surface area contributed by atoms with E-state index in [1.54, 1.807) is 25.5 Å². The highest BCUT2D eigenvalue weighted by Gasteiger charge is 2.37. The van der Waals surface area contributed by atoms with Crippen molar-refractivity contribution in [1.29, 1.82) is 0 Å². The van der Waals surface area contributed by atoms with E-state index in [0.29, 0.717) is 26.2 Å². The standard InChI is InChI=1S/C21H28N4O4S/c1-15(2)19(20(26)23-27)21(30(28)29)25-12-10-24(11-13-25)18-7-5-16(6-8-18)17-4-3-9-22-14-17/h3-9,14-15,19,21,27H,10-13H2,1-2H3,(H,23,26)(H,28,29)/p-1. The van der Waals surface area contributed by atoms with Crippen molar-refractivity contribution in [3.05, 3.63) is 48.8 Å². The van der Waals surface area contributed by atoms with Crippen LogP contribution in [0.5, 0.6) is 0 Å². The van der Waals surface area contributed by atoms with E-state index in [9.17, 15) is 13.6 Å². The zero-order valence-corrected chi connectivity index (χ0v) is 17.9. The minimum atomic E-state index is -2.47. The van der Waals surface area contributed by atoms with E-state index in [1.807, 2.05) is 23.2 Å². The van der Waals surface area contributed by atoms with E-state index < -0.39 is 28.3 Å². The molecule has 0 spiro atoms. The molecule has 1 aliphatic heterocycles. The Morgan fingerprint density at radius 2 is 1.80 bits per heavy atom. The lowest BCUT2D eigenvalue weighted by molar-refractivity contribution is -0.136. The van der Waals surface area contributed by atoms with Crippen LogP contribution in [0.4, 0.5) is 5.69 Å². The average Bonchev–Trinajstić information content (AvgIpc) is 2.77. The molecular formula is C21H27N4O4S-. The molecule has 2 heterocycles. The van der Waals surface area contributed by atoms with Gasteiger partial charge in [-0.05, 0) is 46.3 Å². The van der Waals surface area contributed by atoms with E-state index >= 15 is 0 Å². The largest absolute Gasteiger partial charge is 0.771 e. The molecule has 2 N–H and O–H groups in total. The molecule has 1 amide bonds. The number of nitrogens with one attached hydrogen (secondary N) is 1. The maximum Gasteiger partial charge on any atom is 0.249 e. The SMILES string of the molecule is CC(C)C(C(=O)NO)C(N1CCN(c2ccc(-c3cccnc3)cc2)CC1)S(=O)[O-]. The topological polar surface area (TPSA) is 109 Å². The van der Waals surface area contributed by atoms with Crippen molar-refractivity contribution in [3.8, 4) is 11.1 Å². The van der Waals surface area contributed by atoms with Gasteiger partial charge in [-0.3, -0.25) is 24.1 Å². The van der Waals surface area contributed by atoms with Crippen LogP contribution in [0.2, 0.25) is 0 Å². The number of hydrogen-bond acceptors (Lipinski definition) is 7. The average molecular weight is 432 g/mol. The first-order valence-corrected chi connectivity index (χ1v) is 11.1. The van der Waals surface area contributed by atoms with Gasteiger partial charge < -0.3 is 9.45 Å². The third-order valence-electron chi connectivity index (χ3n) is 5.54. The van der Waals surface area contributed by atoms with Crippen molar-refractivity contribution in [2.45, 2.75) is 19.2 Å². The molecule has 3 atom stereocenters. The summed E-state index contributed by atoms with van der Waals surface area (Å²) in [6, 6.07) is 12.1. The quantitative estimate of drug-likeness (QED) is 0.391. The second kappa shape index (κ2) is 10.1. The van der Waals surface area contributed by atoms with Gasteiger partial charge in [0.2, 0.25) is 5.91 Å². The Morgan fingerprint density at radius 1 is 1.13 bits per heavy atom. The number of aromatic nitrogens is 1. The Balaban J connectivity index is 1.68. The van der Waals surface area contributed by atoms with Crippen LogP contribution in [0, 0.1) is 11.8 Å². The molecule has 0 saturated carbocycles. The minimum absolute atomic E-state index is 0.238. The van der Waals surface area contributed by atoms with Crippen LogP contribution in [-0.4, -0.2) is 61.3 Å². The summed E-state index contributed by atoms with van der Waals surface area (Å²) in [6.07, 6.45) is 3.57. The van der Waals surface area contributed by atoms with Crippen molar-refractivity contribution >= 4 is 22.7 Å². The molecule has 1 aliphatic rings. The summed E-state index contributed by atoms with van der Waals surface area (Å²) in [7, 11) is 0. The summed E-state index contributed by atoms with van der Waals surface area (Å²) in [6.45, 7) is 5.85. The van der Waals surface area contributed by atoms with Crippen LogP contribution in [-0.2, 0) is 15.9 Å². The van der Waals surface area contributed by atoms with E-state index in [2.05, 4.69) is 34.1 Å². The molecule has 1 fully saturated rings. The molecule has 1 saturated heterocycles. The Labute approximate surface area is 179 Å². The summed E-state index contributed by atoms with van der Waals surface area (Å²) in [4.78, 5) is 20.3. The molecule has 1 aromatic heterocycles. The lowest BCUT2D eigenvalue weighted by atomic mass is 9.93. The second-order valence-electron chi connectivity index (χ2n) is 7.71. The fourth-order valence-electron chi connectivity index (χ4n) is 3.94. The summed E-state index contributed by atoms with van der Waals surface area (Å²) < 4.78 is 23.9. The number of pyridine rings is 1. The highest BCUT2D eigenvalue weighted by molar-refractivity contribution is 7.79. The van der Waals surface area contributed by atoms with Gasteiger partial charge in [-0.2, -0.15) is 0 Å². The van der Waals surface area contributed by atoms with Crippen LogP contribution in [0.1, 0.15) is 13.8 Å². The number of anilines is 1. The molecule has 8 nitrogen and oxygen atoms in total. The normalized spacial score (nSPS) is 18.1. The predicted molar refractivity (Wildman–Crippen MR) is 114 cm³/mol. The predicted octanol–water partition coefficient (Wildman–Crippen LogP) is 1.85. The Kier molecular flexibility index (Phi) is 7.54. The molecule has 3 unspecified atom stereocenters. The van der Waals surface area contributed by atoms with Gasteiger partial charge in [0.05, 0.1) is 11.3 Å². The highest BCUT2D eigenvalue weighted by Crippen LogP contribution is 2.27. The first-order chi connectivity index (χ1) is 14.4. The van der Waals surface area contributed by atoms with Crippen molar-refractivity contribution < 1.29 is 18.8 Å². The first-order valence-electron chi connectivity index (χ1n) is 9.94. The maximum atomic E-state index is 12.1. The zero-order chi connectivity index (χ0) is 21.7. The molecule has 30 heavy (non-hydrogen) atoms.